The molecule has 1 aliphatic carbocycles. The molecule has 174 valence electrons. The predicted molar refractivity (Wildman–Crippen MR) is 123 cm³/mol. The molecule has 0 atom stereocenters. The van der Waals surface area contributed by atoms with Gasteiger partial charge in [0, 0.05) is 11.6 Å². The number of methoxy groups -OCH3 is 2. The Balaban J connectivity index is 1.87. The molecule has 1 saturated carbocycles. The van der Waals surface area contributed by atoms with Gasteiger partial charge >= 0.3 is 0 Å². The van der Waals surface area contributed by atoms with E-state index in [1.54, 1.807) is 0 Å². The highest BCUT2D eigenvalue weighted by molar-refractivity contribution is 7.89. The van der Waals surface area contributed by atoms with Crippen LogP contribution in [0.15, 0.2) is 35.2 Å². The molecule has 2 aromatic rings. The number of nitrogens with one attached hydrogen (secondary N) is 2. The molecule has 0 bridgehead atoms. The van der Waals surface area contributed by atoms with Gasteiger partial charge in [0.15, 0.2) is 11.5 Å². The summed E-state index contributed by atoms with van der Waals surface area (Å²) in [6, 6.07) is 7.23. The van der Waals surface area contributed by atoms with Gasteiger partial charge < -0.3 is 19.5 Å². The molecule has 0 radical (unpaired) electrons. The zero-order valence-electron chi connectivity index (χ0n) is 18.4. The third-order valence-electron chi connectivity index (χ3n) is 4.68. The number of halogens is 1. The maximum absolute atomic E-state index is 12.9. The van der Waals surface area contributed by atoms with Crippen LogP contribution in [-0.4, -0.2) is 41.2 Å². The van der Waals surface area contributed by atoms with Crippen molar-refractivity contribution in [3.05, 3.63) is 40.9 Å². The van der Waals surface area contributed by atoms with E-state index in [1.807, 2.05) is 13.8 Å². The van der Waals surface area contributed by atoms with Crippen LogP contribution >= 0.6 is 11.6 Å². The van der Waals surface area contributed by atoms with E-state index in [0.717, 1.165) is 12.8 Å². The Morgan fingerprint density at radius 3 is 2.41 bits per heavy atom. The summed E-state index contributed by atoms with van der Waals surface area (Å²) in [5, 5.41) is 2.93. The summed E-state index contributed by atoms with van der Waals surface area (Å²) >= 11 is 6.34. The van der Waals surface area contributed by atoms with E-state index in [9.17, 15) is 13.2 Å². The zero-order chi connectivity index (χ0) is 23.5. The first kappa shape index (κ1) is 24.2. The second-order valence-electron chi connectivity index (χ2n) is 7.91. The van der Waals surface area contributed by atoms with Crippen molar-refractivity contribution >= 4 is 33.2 Å². The third-order valence-corrected chi connectivity index (χ3v) is 6.48. The standard InChI is InChI=1S/C22H27ClN2O6S/c1-13(2)12-31-21-17(23)9-14(10-20(21)30-4)22(26)24-18-11-16(7-8-19(18)29-3)32(27,28)25-15-5-6-15/h7-11,13,15,25H,5-6,12H2,1-4H3,(H,24,26). The van der Waals surface area contributed by atoms with Gasteiger partial charge in [-0.05, 0) is 49.1 Å². The smallest absolute Gasteiger partial charge is 0.255 e. The number of sulfonamides is 1. The molecule has 1 aliphatic rings. The lowest BCUT2D eigenvalue weighted by atomic mass is 10.1. The fourth-order valence-corrected chi connectivity index (χ4v) is 4.47. The molecule has 0 spiro atoms. The summed E-state index contributed by atoms with van der Waals surface area (Å²) in [4.78, 5) is 13.0. The molecule has 1 fully saturated rings. The largest absolute Gasteiger partial charge is 0.495 e. The molecule has 0 unspecified atom stereocenters. The van der Waals surface area contributed by atoms with Crippen LogP contribution in [0.5, 0.6) is 17.2 Å². The minimum atomic E-state index is -3.70. The fourth-order valence-electron chi connectivity index (χ4n) is 2.88. The summed E-state index contributed by atoms with van der Waals surface area (Å²) in [7, 11) is -0.805. The molecule has 3 rings (SSSR count). The lowest BCUT2D eigenvalue weighted by molar-refractivity contribution is 0.102. The molecule has 0 aliphatic heterocycles. The average Bonchev–Trinajstić information content (AvgIpc) is 3.55. The van der Waals surface area contributed by atoms with E-state index >= 15 is 0 Å². The van der Waals surface area contributed by atoms with Gasteiger partial charge in [0.05, 0.1) is 36.4 Å². The Morgan fingerprint density at radius 2 is 1.81 bits per heavy atom. The molecule has 2 aromatic carbocycles. The molecule has 0 saturated heterocycles. The summed E-state index contributed by atoms with van der Waals surface area (Å²) < 4.78 is 44.1. The molecule has 10 heteroatoms. The third kappa shape index (κ3) is 5.85. The summed E-state index contributed by atoms with van der Waals surface area (Å²) in [5.74, 6) is 0.767. The van der Waals surface area contributed by atoms with Crippen LogP contribution in [0.2, 0.25) is 5.02 Å². The maximum Gasteiger partial charge on any atom is 0.255 e. The van der Waals surface area contributed by atoms with Crippen molar-refractivity contribution in [1.82, 2.24) is 4.72 Å². The highest BCUT2D eigenvalue weighted by Crippen LogP contribution is 2.37. The van der Waals surface area contributed by atoms with E-state index < -0.39 is 15.9 Å². The Labute approximate surface area is 193 Å². The van der Waals surface area contributed by atoms with Crippen molar-refractivity contribution in [2.24, 2.45) is 5.92 Å². The Morgan fingerprint density at radius 1 is 1.12 bits per heavy atom. The number of rotatable bonds is 10. The van der Waals surface area contributed by atoms with Gasteiger partial charge in [-0.2, -0.15) is 0 Å². The molecular weight excluding hydrogens is 456 g/mol. The average molecular weight is 483 g/mol. The number of anilines is 1. The normalized spacial score (nSPS) is 13.7. The van der Waals surface area contributed by atoms with Gasteiger partial charge in [0.2, 0.25) is 10.0 Å². The Kier molecular flexibility index (Phi) is 7.53. The van der Waals surface area contributed by atoms with Crippen LogP contribution in [0.1, 0.15) is 37.0 Å². The van der Waals surface area contributed by atoms with E-state index in [0.29, 0.717) is 23.9 Å². The van der Waals surface area contributed by atoms with Crippen molar-refractivity contribution in [3.63, 3.8) is 0 Å². The number of hydrogen-bond donors (Lipinski definition) is 2. The van der Waals surface area contributed by atoms with Gasteiger partial charge in [0.1, 0.15) is 5.75 Å². The van der Waals surface area contributed by atoms with Crippen LogP contribution in [0, 0.1) is 5.92 Å². The number of benzene rings is 2. The van der Waals surface area contributed by atoms with Gasteiger partial charge in [-0.15, -0.1) is 0 Å². The second-order valence-corrected chi connectivity index (χ2v) is 10.0. The molecular formula is C22H27ClN2O6S. The van der Waals surface area contributed by atoms with Crippen molar-refractivity contribution in [2.45, 2.75) is 37.6 Å². The summed E-state index contributed by atoms with van der Waals surface area (Å²) in [6.07, 6.45) is 1.64. The molecule has 32 heavy (non-hydrogen) atoms. The predicted octanol–water partition coefficient (Wildman–Crippen LogP) is 4.09. The van der Waals surface area contributed by atoms with E-state index in [4.69, 9.17) is 25.8 Å². The van der Waals surface area contributed by atoms with E-state index in [1.165, 1.54) is 44.6 Å². The topological polar surface area (TPSA) is 103 Å². The fraction of sp³-hybridized carbons (Fsp3) is 0.409. The quantitative estimate of drug-likeness (QED) is 0.528. The lowest BCUT2D eigenvalue weighted by Gasteiger charge is -2.16. The number of amides is 1. The zero-order valence-corrected chi connectivity index (χ0v) is 20.0. The highest BCUT2D eigenvalue weighted by atomic mass is 35.5. The van der Waals surface area contributed by atoms with Crippen LogP contribution in [-0.2, 0) is 10.0 Å². The summed E-state index contributed by atoms with van der Waals surface area (Å²) in [5.41, 5.74) is 0.432. The van der Waals surface area contributed by atoms with Crippen molar-refractivity contribution in [2.75, 3.05) is 26.1 Å². The monoisotopic (exact) mass is 482 g/mol. The first-order chi connectivity index (χ1) is 15.1. The maximum atomic E-state index is 12.9. The number of hydrogen-bond acceptors (Lipinski definition) is 6. The number of carbonyl (C=O) groups is 1. The number of carbonyl (C=O) groups excluding carboxylic acids is 1. The van der Waals surface area contributed by atoms with Crippen molar-refractivity contribution in [3.8, 4) is 17.2 Å². The highest BCUT2D eigenvalue weighted by Gasteiger charge is 2.28. The van der Waals surface area contributed by atoms with Crippen LogP contribution < -0.4 is 24.2 Å². The van der Waals surface area contributed by atoms with E-state index in [-0.39, 0.29) is 33.1 Å². The minimum Gasteiger partial charge on any atom is -0.495 e. The first-order valence-electron chi connectivity index (χ1n) is 10.2. The van der Waals surface area contributed by atoms with E-state index in [2.05, 4.69) is 10.0 Å². The Bertz CT molecular complexity index is 1100. The summed E-state index contributed by atoms with van der Waals surface area (Å²) in [6.45, 7) is 4.45. The number of ether oxygens (including phenoxy) is 3. The Hall–Kier alpha value is -2.49. The van der Waals surface area contributed by atoms with Crippen LogP contribution in [0.3, 0.4) is 0 Å². The van der Waals surface area contributed by atoms with Crippen LogP contribution in [0.25, 0.3) is 0 Å². The SMILES string of the molecule is COc1ccc(S(=O)(=O)NC2CC2)cc1NC(=O)c1cc(Cl)c(OCC(C)C)c(OC)c1. The van der Waals surface area contributed by atoms with Crippen molar-refractivity contribution in [1.29, 1.82) is 0 Å². The minimum absolute atomic E-state index is 0.0357. The van der Waals surface area contributed by atoms with Gasteiger partial charge in [-0.25, -0.2) is 13.1 Å². The second kappa shape index (κ2) is 9.97. The van der Waals surface area contributed by atoms with Gasteiger partial charge in [0.25, 0.3) is 5.91 Å². The first-order valence-corrected chi connectivity index (χ1v) is 12.0. The van der Waals surface area contributed by atoms with Crippen LogP contribution in [0.4, 0.5) is 5.69 Å². The lowest BCUT2D eigenvalue weighted by Crippen LogP contribution is -2.26. The molecule has 8 nitrogen and oxygen atoms in total. The van der Waals surface area contributed by atoms with Gasteiger partial charge in [-0.3, -0.25) is 4.79 Å². The van der Waals surface area contributed by atoms with Crippen molar-refractivity contribution < 1.29 is 27.4 Å². The molecule has 0 heterocycles. The molecule has 1 amide bonds. The van der Waals surface area contributed by atoms with Gasteiger partial charge in [-0.1, -0.05) is 25.4 Å². The molecule has 0 aromatic heterocycles. The molecule has 2 N–H and O–H groups in total.